The van der Waals surface area contributed by atoms with E-state index in [1.807, 2.05) is 6.07 Å². The van der Waals surface area contributed by atoms with E-state index in [9.17, 15) is 19.7 Å². The molecule has 1 amide bonds. The van der Waals surface area contributed by atoms with Crippen molar-refractivity contribution in [2.45, 2.75) is 44.2 Å². The van der Waals surface area contributed by atoms with Crippen molar-refractivity contribution in [3.63, 3.8) is 0 Å². The molecule has 1 atom stereocenters. The van der Waals surface area contributed by atoms with Crippen LogP contribution in [0.2, 0.25) is 0 Å². The third-order valence-corrected chi connectivity index (χ3v) is 5.11. The largest absolute Gasteiger partial charge is 0.469 e. The van der Waals surface area contributed by atoms with Gasteiger partial charge in [-0.1, -0.05) is 49.6 Å². The molecule has 0 bridgehead atoms. The van der Waals surface area contributed by atoms with Crippen molar-refractivity contribution in [1.82, 2.24) is 5.32 Å². The fourth-order valence-electron chi connectivity index (χ4n) is 3.56. The van der Waals surface area contributed by atoms with Crippen molar-refractivity contribution in [3.05, 3.63) is 69.8 Å². The fraction of sp³-hybridized carbons (Fsp3) is 0.364. The minimum Gasteiger partial charge on any atom is -0.469 e. The van der Waals surface area contributed by atoms with Crippen LogP contribution in [0.1, 0.15) is 54.1 Å². The number of carbonyl (C=O) groups is 2. The first-order chi connectivity index (χ1) is 14.5. The number of ether oxygens (including phenoxy) is 2. The van der Waals surface area contributed by atoms with Crippen LogP contribution in [-0.4, -0.2) is 30.0 Å². The van der Waals surface area contributed by atoms with Gasteiger partial charge in [-0.3, -0.25) is 14.9 Å². The second kappa shape index (κ2) is 9.87. The Morgan fingerprint density at radius 1 is 1.10 bits per heavy atom. The number of amides is 1. The Morgan fingerprint density at radius 3 is 2.43 bits per heavy atom. The molecule has 1 saturated carbocycles. The maximum absolute atomic E-state index is 13.0. The van der Waals surface area contributed by atoms with Crippen LogP contribution in [0.4, 0.5) is 5.69 Å². The summed E-state index contributed by atoms with van der Waals surface area (Å²) in [5.74, 6) is -1.14. The molecule has 0 radical (unpaired) electrons. The van der Waals surface area contributed by atoms with Crippen LogP contribution in [0, 0.1) is 10.1 Å². The molecule has 1 aliphatic rings. The van der Waals surface area contributed by atoms with Gasteiger partial charge in [-0.25, -0.2) is 4.79 Å². The van der Waals surface area contributed by atoms with Gasteiger partial charge in [0.05, 0.1) is 17.6 Å². The van der Waals surface area contributed by atoms with Gasteiger partial charge in [0.25, 0.3) is 5.91 Å². The number of rotatable bonds is 7. The number of carbonyl (C=O) groups excluding carboxylic acids is 2. The molecule has 1 N–H and O–H groups in total. The van der Waals surface area contributed by atoms with E-state index in [4.69, 9.17) is 4.74 Å². The van der Waals surface area contributed by atoms with Gasteiger partial charge in [0.15, 0.2) is 5.75 Å². The number of nitrogens with zero attached hydrogens (tertiary/aromatic N) is 1. The van der Waals surface area contributed by atoms with Crippen molar-refractivity contribution in [2.24, 2.45) is 0 Å². The number of hydrogen-bond donors (Lipinski definition) is 1. The summed E-state index contributed by atoms with van der Waals surface area (Å²) in [6, 6.07) is 12.7. The first-order valence-corrected chi connectivity index (χ1v) is 9.88. The second-order valence-corrected chi connectivity index (χ2v) is 7.18. The quantitative estimate of drug-likeness (QED) is 0.419. The zero-order valence-corrected chi connectivity index (χ0v) is 16.7. The Kier molecular flexibility index (Phi) is 7.00. The number of hydrogen-bond acceptors (Lipinski definition) is 6. The van der Waals surface area contributed by atoms with Crippen molar-refractivity contribution in [1.29, 1.82) is 0 Å². The highest BCUT2D eigenvalue weighted by Gasteiger charge is 2.29. The number of esters is 1. The van der Waals surface area contributed by atoms with Crippen LogP contribution >= 0.6 is 0 Å². The van der Waals surface area contributed by atoms with Crippen LogP contribution in [0.15, 0.2) is 48.5 Å². The summed E-state index contributed by atoms with van der Waals surface area (Å²) in [5, 5.41) is 14.6. The summed E-state index contributed by atoms with van der Waals surface area (Å²) in [6.07, 6.45) is 4.02. The molecule has 2 aromatic carbocycles. The maximum Gasteiger partial charge on any atom is 0.338 e. The minimum absolute atomic E-state index is 0.0273. The third-order valence-electron chi connectivity index (χ3n) is 5.11. The summed E-state index contributed by atoms with van der Waals surface area (Å²) < 4.78 is 10.5. The Labute approximate surface area is 174 Å². The zero-order valence-electron chi connectivity index (χ0n) is 16.7. The van der Waals surface area contributed by atoms with E-state index in [0.29, 0.717) is 5.56 Å². The molecule has 0 aliphatic heterocycles. The van der Waals surface area contributed by atoms with Crippen LogP contribution in [0.3, 0.4) is 0 Å². The summed E-state index contributed by atoms with van der Waals surface area (Å²) in [5.41, 5.74) is 0.195. The molecule has 1 aliphatic carbocycles. The summed E-state index contributed by atoms with van der Waals surface area (Å²) in [6.45, 7) is 0. The first-order valence-electron chi connectivity index (χ1n) is 9.88. The number of nitrogens with one attached hydrogen (secondary N) is 1. The Morgan fingerprint density at radius 2 is 1.80 bits per heavy atom. The Hall–Kier alpha value is -3.42. The number of methoxy groups -OCH3 is 1. The van der Waals surface area contributed by atoms with E-state index in [0.717, 1.165) is 38.2 Å². The van der Waals surface area contributed by atoms with E-state index in [1.54, 1.807) is 24.3 Å². The smallest absolute Gasteiger partial charge is 0.338 e. The van der Waals surface area contributed by atoms with Gasteiger partial charge in [-0.2, -0.15) is 0 Å². The van der Waals surface area contributed by atoms with Crippen LogP contribution < -0.4 is 10.1 Å². The van der Waals surface area contributed by atoms with Gasteiger partial charge < -0.3 is 14.8 Å². The monoisotopic (exact) mass is 412 g/mol. The van der Waals surface area contributed by atoms with E-state index < -0.39 is 22.7 Å². The molecular weight excluding hydrogens is 388 g/mol. The molecule has 158 valence electrons. The predicted molar refractivity (Wildman–Crippen MR) is 109 cm³/mol. The van der Waals surface area contributed by atoms with Gasteiger partial charge in [0.1, 0.15) is 0 Å². The average Bonchev–Trinajstić information content (AvgIpc) is 2.78. The normalized spacial score (nSPS) is 15.1. The van der Waals surface area contributed by atoms with E-state index in [1.165, 1.54) is 19.2 Å². The van der Waals surface area contributed by atoms with Crippen molar-refractivity contribution in [2.75, 3.05) is 7.11 Å². The van der Waals surface area contributed by atoms with Crippen molar-refractivity contribution >= 4 is 17.6 Å². The van der Waals surface area contributed by atoms with Crippen LogP contribution in [0.5, 0.6) is 5.75 Å². The maximum atomic E-state index is 13.0. The summed E-state index contributed by atoms with van der Waals surface area (Å²) >= 11 is 0. The average molecular weight is 412 g/mol. The first kappa shape index (κ1) is 21.3. The van der Waals surface area contributed by atoms with Gasteiger partial charge in [-0.15, -0.1) is 0 Å². The molecule has 1 fully saturated rings. The molecule has 0 aromatic heterocycles. The third kappa shape index (κ3) is 5.14. The van der Waals surface area contributed by atoms with Crippen LogP contribution in [0.25, 0.3) is 0 Å². The van der Waals surface area contributed by atoms with Crippen molar-refractivity contribution in [3.8, 4) is 5.75 Å². The van der Waals surface area contributed by atoms with Crippen LogP contribution in [-0.2, 0) is 9.53 Å². The van der Waals surface area contributed by atoms with E-state index >= 15 is 0 Å². The van der Waals surface area contributed by atoms with Crippen molar-refractivity contribution < 1.29 is 24.0 Å². The molecule has 30 heavy (non-hydrogen) atoms. The Bertz CT molecular complexity index is 909. The number of benzene rings is 2. The van der Waals surface area contributed by atoms with Gasteiger partial charge in [-0.05, 0) is 25.0 Å². The van der Waals surface area contributed by atoms with Gasteiger partial charge >= 0.3 is 11.7 Å². The zero-order chi connectivity index (χ0) is 21.5. The lowest BCUT2D eigenvalue weighted by Crippen LogP contribution is -2.40. The van der Waals surface area contributed by atoms with E-state index in [-0.39, 0.29) is 23.3 Å². The highest BCUT2D eigenvalue weighted by Crippen LogP contribution is 2.33. The fourth-order valence-corrected chi connectivity index (χ4v) is 3.56. The SMILES string of the molecule is COC(=O)c1ccc(OC(C(=O)NC2CCCCC2)c2ccccc2)c([N+](=O)[O-])c1. The molecule has 2 aromatic rings. The Balaban J connectivity index is 1.90. The lowest BCUT2D eigenvalue weighted by atomic mass is 9.95. The summed E-state index contributed by atoms with van der Waals surface area (Å²) in [7, 11) is 1.19. The molecule has 0 saturated heterocycles. The van der Waals surface area contributed by atoms with E-state index in [2.05, 4.69) is 10.1 Å². The lowest BCUT2D eigenvalue weighted by molar-refractivity contribution is -0.386. The predicted octanol–water partition coefficient (Wildman–Crippen LogP) is 3.95. The molecule has 3 rings (SSSR count). The minimum atomic E-state index is -1.06. The molecule has 0 spiro atoms. The second-order valence-electron chi connectivity index (χ2n) is 7.18. The molecule has 1 unspecified atom stereocenters. The standard InChI is InChI=1S/C22H24N2O6/c1-29-22(26)16-12-13-19(18(14-16)24(27)28)30-20(15-8-4-2-5-9-15)21(25)23-17-10-6-3-7-11-17/h2,4-5,8-9,12-14,17,20H,3,6-7,10-11H2,1H3,(H,23,25). The molecule has 0 heterocycles. The highest BCUT2D eigenvalue weighted by molar-refractivity contribution is 5.90. The number of nitro groups is 1. The molecule has 8 heteroatoms. The number of nitro benzene ring substituents is 1. The summed E-state index contributed by atoms with van der Waals surface area (Å²) in [4.78, 5) is 35.7. The lowest BCUT2D eigenvalue weighted by Gasteiger charge is -2.26. The molecule has 8 nitrogen and oxygen atoms in total. The topological polar surface area (TPSA) is 108 Å². The van der Waals surface area contributed by atoms with Gasteiger partial charge in [0.2, 0.25) is 6.10 Å². The van der Waals surface area contributed by atoms with Gasteiger partial charge in [0, 0.05) is 17.7 Å². The molecular formula is C22H24N2O6. The highest BCUT2D eigenvalue weighted by atomic mass is 16.6.